The van der Waals surface area contributed by atoms with Crippen molar-refractivity contribution in [2.75, 3.05) is 6.61 Å². The van der Waals surface area contributed by atoms with E-state index in [1.165, 1.54) is 16.7 Å². The van der Waals surface area contributed by atoms with E-state index in [1.807, 2.05) is 10.9 Å². The van der Waals surface area contributed by atoms with E-state index < -0.39 is 6.10 Å². The molecule has 4 rings (SSSR count). The highest BCUT2D eigenvalue weighted by Crippen LogP contribution is 2.33. The number of aromatic nitrogens is 2. The van der Waals surface area contributed by atoms with Gasteiger partial charge in [0.05, 0.1) is 36.6 Å². The SMILES string of the molecule is Cc1ccc(C2CC(O)CC(CO)O2)cc1Cc1ccc2c(cnn2C(C)C)c1. The number of fused-ring (bicyclic) bond motifs is 1. The molecule has 0 bridgehead atoms. The molecule has 2 N–H and O–H groups in total. The fraction of sp³-hybridized carbons (Fsp3) is 0.458. The monoisotopic (exact) mass is 394 g/mol. The van der Waals surface area contributed by atoms with Gasteiger partial charge >= 0.3 is 0 Å². The highest BCUT2D eigenvalue weighted by Gasteiger charge is 2.29. The van der Waals surface area contributed by atoms with E-state index in [0.717, 1.165) is 22.9 Å². The summed E-state index contributed by atoms with van der Waals surface area (Å²) in [7, 11) is 0. The van der Waals surface area contributed by atoms with E-state index in [9.17, 15) is 10.2 Å². The third kappa shape index (κ3) is 4.22. The Morgan fingerprint density at radius 3 is 2.76 bits per heavy atom. The minimum Gasteiger partial charge on any atom is -0.394 e. The second kappa shape index (κ2) is 8.27. The van der Waals surface area contributed by atoms with Gasteiger partial charge in [0.1, 0.15) is 0 Å². The minimum absolute atomic E-state index is 0.0592. The number of ether oxygens (including phenoxy) is 1. The molecule has 5 nitrogen and oxygen atoms in total. The summed E-state index contributed by atoms with van der Waals surface area (Å²) in [6.07, 6.45) is 2.93. The van der Waals surface area contributed by atoms with Crippen LogP contribution in [-0.4, -0.2) is 38.8 Å². The molecule has 5 heteroatoms. The molecule has 3 aromatic rings. The lowest BCUT2D eigenvalue weighted by molar-refractivity contribution is -0.113. The highest BCUT2D eigenvalue weighted by atomic mass is 16.5. The summed E-state index contributed by atoms with van der Waals surface area (Å²) < 4.78 is 8.05. The fourth-order valence-corrected chi connectivity index (χ4v) is 4.25. The number of aryl methyl sites for hydroxylation is 1. The first kappa shape index (κ1) is 20.1. The van der Waals surface area contributed by atoms with Gasteiger partial charge in [-0.1, -0.05) is 24.3 Å². The predicted molar refractivity (Wildman–Crippen MR) is 114 cm³/mol. The molecule has 1 fully saturated rings. The predicted octanol–water partition coefficient (Wildman–Crippen LogP) is 4.09. The van der Waals surface area contributed by atoms with Crippen LogP contribution in [0.25, 0.3) is 10.9 Å². The van der Waals surface area contributed by atoms with E-state index in [2.05, 4.69) is 62.3 Å². The van der Waals surface area contributed by atoms with Crippen LogP contribution < -0.4 is 0 Å². The van der Waals surface area contributed by atoms with Crippen molar-refractivity contribution in [1.29, 1.82) is 0 Å². The molecule has 0 amide bonds. The van der Waals surface area contributed by atoms with Crippen LogP contribution in [0.5, 0.6) is 0 Å². The Balaban J connectivity index is 1.59. The topological polar surface area (TPSA) is 67.5 Å². The van der Waals surface area contributed by atoms with Crippen molar-refractivity contribution >= 4 is 10.9 Å². The maximum Gasteiger partial charge on any atom is 0.0854 e. The number of aliphatic hydroxyl groups excluding tert-OH is 2. The molecule has 1 aliphatic heterocycles. The van der Waals surface area contributed by atoms with Crippen LogP contribution in [0, 0.1) is 6.92 Å². The van der Waals surface area contributed by atoms with E-state index >= 15 is 0 Å². The van der Waals surface area contributed by atoms with Crippen LogP contribution in [0.3, 0.4) is 0 Å². The highest BCUT2D eigenvalue weighted by molar-refractivity contribution is 5.79. The van der Waals surface area contributed by atoms with Gasteiger partial charge in [0.25, 0.3) is 0 Å². The Hall–Kier alpha value is -2.21. The Morgan fingerprint density at radius 1 is 1.17 bits per heavy atom. The van der Waals surface area contributed by atoms with Gasteiger partial charge in [0.15, 0.2) is 0 Å². The Kier molecular flexibility index (Phi) is 5.72. The maximum absolute atomic E-state index is 10.1. The molecule has 0 spiro atoms. The lowest BCUT2D eigenvalue weighted by Crippen LogP contribution is -2.33. The number of nitrogens with zero attached hydrogens (tertiary/aromatic N) is 2. The molecular formula is C24H30N2O3. The zero-order valence-corrected chi connectivity index (χ0v) is 17.4. The molecule has 29 heavy (non-hydrogen) atoms. The molecule has 2 aromatic carbocycles. The quantitative estimate of drug-likeness (QED) is 0.684. The second-order valence-corrected chi connectivity index (χ2v) is 8.49. The fourth-order valence-electron chi connectivity index (χ4n) is 4.25. The first-order chi connectivity index (χ1) is 13.9. The number of benzene rings is 2. The van der Waals surface area contributed by atoms with Gasteiger partial charge in [0.2, 0.25) is 0 Å². The number of hydrogen-bond donors (Lipinski definition) is 2. The van der Waals surface area contributed by atoms with Crippen LogP contribution in [0.1, 0.15) is 61.1 Å². The van der Waals surface area contributed by atoms with E-state index in [-0.39, 0.29) is 18.8 Å². The summed E-state index contributed by atoms with van der Waals surface area (Å²) in [5.41, 5.74) is 5.97. The molecule has 0 saturated carbocycles. The van der Waals surface area contributed by atoms with Crippen LogP contribution in [0.2, 0.25) is 0 Å². The van der Waals surface area contributed by atoms with Gasteiger partial charge in [-0.3, -0.25) is 4.68 Å². The largest absolute Gasteiger partial charge is 0.394 e. The van der Waals surface area contributed by atoms with Crippen molar-refractivity contribution in [3.63, 3.8) is 0 Å². The molecule has 2 heterocycles. The Morgan fingerprint density at radius 2 is 2.00 bits per heavy atom. The van der Waals surface area contributed by atoms with Crippen LogP contribution in [0.15, 0.2) is 42.6 Å². The van der Waals surface area contributed by atoms with Gasteiger partial charge in [-0.25, -0.2) is 0 Å². The van der Waals surface area contributed by atoms with Gasteiger partial charge < -0.3 is 14.9 Å². The standard InChI is InChI=1S/C24H30N2O3/c1-15(2)26-23-7-5-17(9-20(23)13-25-26)8-19-10-18(6-4-16(19)3)24-12-21(28)11-22(14-27)29-24/h4-7,9-10,13,15,21-22,24,27-28H,8,11-12,14H2,1-3H3. The number of hydrogen-bond acceptors (Lipinski definition) is 4. The van der Waals surface area contributed by atoms with Crippen LogP contribution >= 0.6 is 0 Å². The van der Waals surface area contributed by atoms with Crippen molar-refractivity contribution in [2.24, 2.45) is 0 Å². The zero-order valence-electron chi connectivity index (χ0n) is 17.4. The summed E-state index contributed by atoms with van der Waals surface area (Å²) in [6, 6.07) is 13.3. The zero-order chi connectivity index (χ0) is 20.5. The van der Waals surface area contributed by atoms with Gasteiger partial charge in [0, 0.05) is 24.3 Å². The molecule has 154 valence electrons. The minimum atomic E-state index is -0.435. The first-order valence-electron chi connectivity index (χ1n) is 10.4. The van der Waals surface area contributed by atoms with Crippen molar-refractivity contribution < 1.29 is 14.9 Å². The molecule has 1 saturated heterocycles. The molecule has 0 aliphatic carbocycles. The molecule has 3 atom stereocenters. The Bertz CT molecular complexity index is 995. The third-order valence-corrected chi connectivity index (χ3v) is 5.87. The first-order valence-corrected chi connectivity index (χ1v) is 10.4. The maximum atomic E-state index is 10.1. The van der Waals surface area contributed by atoms with E-state index in [1.54, 1.807) is 0 Å². The molecule has 3 unspecified atom stereocenters. The molecule has 1 aliphatic rings. The van der Waals surface area contributed by atoms with Crippen LogP contribution in [-0.2, 0) is 11.2 Å². The van der Waals surface area contributed by atoms with Crippen molar-refractivity contribution in [2.45, 2.75) is 64.4 Å². The molecule has 1 aromatic heterocycles. The van der Waals surface area contributed by atoms with E-state index in [4.69, 9.17) is 4.74 Å². The number of aliphatic hydroxyl groups is 2. The lowest BCUT2D eigenvalue weighted by atomic mass is 9.92. The third-order valence-electron chi connectivity index (χ3n) is 5.87. The second-order valence-electron chi connectivity index (χ2n) is 8.49. The smallest absolute Gasteiger partial charge is 0.0854 e. The van der Waals surface area contributed by atoms with Gasteiger partial charge in [-0.15, -0.1) is 0 Å². The Labute approximate surface area is 171 Å². The van der Waals surface area contributed by atoms with E-state index in [0.29, 0.717) is 18.9 Å². The molecule has 0 radical (unpaired) electrons. The molecular weight excluding hydrogens is 364 g/mol. The average Bonchev–Trinajstić information content (AvgIpc) is 3.12. The van der Waals surface area contributed by atoms with Crippen molar-refractivity contribution in [3.05, 3.63) is 64.8 Å². The normalized spacial score (nSPS) is 22.5. The average molecular weight is 395 g/mol. The lowest BCUT2D eigenvalue weighted by Gasteiger charge is -2.32. The summed E-state index contributed by atoms with van der Waals surface area (Å²) in [5.74, 6) is 0. The van der Waals surface area contributed by atoms with Crippen molar-refractivity contribution in [1.82, 2.24) is 9.78 Å². The van der Waals surface area contributed by atoms with Crippen molar-refractivity contribution in [3.8, 4) is 0 Å². The summed E-state index contributed by atoms with van der Waals surface area (Å²) >= 11 is 0. The number of rotatable bonds is 5. The van der Waals surface area contributed by atoms with Crippen LogP contribution in [0.4, 0.5) is 0 Å². The summed E-state index contributed by atoms with van der Waals surface area (Å²) in [6.45, 7) is 6.35. The summed E-state index contributed by atoms with van der Waals surface area (Å²) in [4.78, 5) is 0. The summed E-state index contributed by atoms with van der Waals surface area (Å²) in [5, 5.41) is 25.3. The van der Waals surface area contributed by atoms with Gasteiger partial charge in [-0.05, 0) is 61.6 Å². The van der Waals surface area contributed by atoms with Gasteiger partial charge in [-0.2, -0.15) is 5.10 Å².